The monoisotopic (exact) mass is 389 g/mol. The van der Waals surface area contributed by atoms with Gasteiger partial charge in [-0.25, -0.2) is 9.97 Å². The predicted molar refractivity (Wildman–Crippen MR) is 95.4 cm³/mol. The lowest BCUT2D eigenvalue weighted by Gasteiger charge is -2.15. The quantitative estimate of drug-likeness (QED) is 0.621. The summed E-state index contributed by atoms with van der Waals surface area (Å²) in [5.74, 6) is -0.411. The van der Waals surface area contributed by atoms with Crippen LogP contribution in [0, 0.1) is 20.8 Å². The molecule has 0 fully saturated rings. The number of aryl methyl sites for hydroxylation is 2. The molecule has 0 aliphatic carbocycles. The largest absolute Gasteiger partial charge is 0.508 e. The van der Waals surface area contributed by atoms with Gasteiger partial charge in [-0.3, -0.25) is 9.36 Å². The van der Waals surface area contributed by atoms with E-state index in [9.17, 15) is 9.90 Å². The van der Waals surface area contributed by atoms with Crippen molar-refractivity contribution in [2.45, 2.75) is 20.8 Å². The molecule has 2 heterocycles. The van der Waals surface area contributed by atoms with Gasteiger partial charge >= 0.3 is 0 Å². The predicted octanol–water partition coefficient (Wildman–Crippen LogP) is 2.49. The second kappa shape index (κ2) is 5.48. The number of carbonyl (C=O) groups excluding carboxylic acids is 1. The van der Waals surface area contributed by atoms with Crippen molar-refractivity contribution in [3.05, 3.63) is 39.1 Å². The van der Waals surface area contributed by atoms with E-state index >= 15 is 0 Å². The Labute approximate surface area is 146 Å². The minimum absolute atomic E-state index is 0.121. The van der Waals surface area contributed by atoms with E-state index in [4.69, 9.17) is 11.5 Å². The molecule has 3 aromatic rings. The Balaban J connectivity index is 2.55. The van der Waals surface area contributed by atoms with Gasteiger partial charge in [0, 0.05) is 5.56 Å². The first-order chi connectivity index (χ1) is 11.2. The smallest absolute Gasteiger partial charge is 0.254 e. The maximum Gasteiger partial charge on any atom is 0.254 e. The van der Waals surface area contributed by atoms with Gasteiger partial charge in [0.15, 0.2) is 5.65 Å². The van der Waals surface area contributed by atoms with Crippen molar-refractivity contribution < 1.29 is 9.90 Å². The number of aromatic nitrogens is 3. The molecule has 124 valence electrons. The van der Waals surface area contributed by atoms with Gasteiger partial charge in [-0.15, -0.1) is 0 Å². The van der Waals surface area contributed by atoms with E-state index in [1.165, 1.54) is 0 Å². The summed E-state index contributed by atoms with van der Waals surface area (Å²) in [7, 11) is 0. The zero-order chi connectivity index (χ0) is 17.8. The number of halogens is 1. The van der Waals surface area contributed by atoms with Gasteiger partial charge in [-0.2, -0.15) is 0 Å². The minimum Gasteiger partial charge on any atom is -0.508 e. The topological polar surface area (TPSA) is 120 Å². The zero-order valence-corrected chi connectivity index (χ0v) is 15.0. The molecular formula is C16H16BrN5O2. The lowest BCUT2D eigenvalue weighted by Crippen LogP contribution is -2.14. The van der Waals surface area contributed by atoms with Gasteiger partial charge in [-0.05, 0) is 48.3 Å². The van der Waals surface area contributed by atoms with Crippen LogP contribution in [-0.4, -0.2) is 25.5 Å². The maximum atomic E-state index is 11.9. The number of phenols is 1. The highest BCUT2D eigenvalue weighted by molar-refractivity contribution is 9.10. The summed E-state index contributed by atoms with van der Waals surface area (Å²) in [6, 6.07) is 3.38. The first-order valence-corrected chi connectivity index (χ1v) is 7.96. The Hall–Kier alpha value is -2.61. The molecule has 2 aromatic heterocycles. The first kappa shape index (κ1) is 16.3. The number of nitrogens with two attached hydrogens (primary N) is 2. The molecule has 0 radical (unpaired) electrons. The Morgan fingerprint density at radius 2 is 1.92 bits per heavy atom. The van der Waals surface area contributed by atoms with Crippen LogP contribution >= 0.6 is 15.9 Å². The number of anilines is 1. The van der Waals surface area contributed by atoms with Crippen LogP contribution in [0.5, 0.6) is 5.75 Å². The number of aromatic hydroxyl groups is 1. The van der Waals surface area contributed by atoms with E-state index in [2.05, 4.69) is 25.9 Å². The van der Waals surface area contributed by atoms with Crippen molar-refractivity contribution in [1.82, 2.24) is 14.5 Å². The Kier molecular flexibility index (Phi) is 3.71. The van der Waals surface area contributed by atoms with E-state index in [-0.39, 0.29) is 17.1 Å². The summed E-state index contributed by atoms with van der Waals surface area (Å²) in [6.45, 7) is 5.41. The summed E-state index contributed by atoms with van der Waals surface area (Å²) in [5.41, 5.74) is 15.3. The van der Waals surface area contributed by atoms with Crippen molar-refractivity contribution in [3.63, 3.8) is 0 Å². The maximum absolute atomic E-state index is 11.9. The lowest BCUT2D eigenvalue weighted by molar-refractivity contribution is 0.100. The van der Waals surface area contributed by atoms with Gasteiger partial charge in [0.05, 0.1) is 11.4 Å². The number of benzene rings is 1. The molecule has 0 bridgehead atoms. The number of carbonyl (C=O) groups is 1. The molecule has 0 atom stereocenters. The molecule has 3 rings (SSSR count). The fourth-order valence-electron chi connectivity index (χ4n) is 2.80. The molecule has 24 heavy (non-hydrogen) atoms. The van der Waals surface area contributed by atoms with Gasteiger partial charge < -0.3 is 16.6 Å². The Bertz CT molecular complexity index is 1010. The summed E-state index contributed by atoms with van der Waals surface area (Å²) in [6.07, 6.45) is 0. The molecule has 0 unspecified atom stereocenters. The fraction of sp³-hybridized carbons (Fsp3) is 0.188. The summed E-state index contributed by atoms with van der Waals surface area (Å²) < 4.78 is 2.15. The third kappa shape index (κ3) is 2.22. The second-order valence-electron chi connectivity index (χ2n) is 5.61. The second-order valence-corrected chi connectivity index (χ2v) is 6.36. The van der Waals surface area contributed by atoms with Gasteiger partial charge in [0.25, 0.3) is 5.91 Å². The van der Waals surface area contributed by atoms with Crippen molar-refractivity contribution in [2.24, 2.45) is 5.73 Å². The average Bonchev–Trinajstić information content (AvgIpc) is 2.77. The van der Waals surface area contributed by atoms with Crippen LogP contribution in [0.4, 0.5) is 5.82 Å². The highest BCUT2D eigenvalue weighted by atomic mass is 79.9. The Morgan fingerprint density at radius 1 is 1.25 bits per heavy atom. The van der Waals surface area contributed by atoms with Crippen molar-refractivity contribution in [2.75, 3.05) is 5.73 Å². The van der Waals surface area contributed by atoms with Crippen LogP contribution in [0.3, 0.4) is 0 Å². The number of phenolic OH excluding ortho intramolecular Hbond substituents is 1. The summed E-state index contributed by atoms with van der Waals surface area (Å²) >= 11 is 3.35. The molecule has 7 nitrogen and oxygen atoms in total. The van der Waals surface area contributed by atoms with Crippen molar-refractivity contribution in [1.29, 1.82) is 0 Å². The zero-order valence-electron chi connectivity index (χ0n) is 13.4. The number of fused-ring (bicyclic) bond motifs is 1. The van der Waals surface area contributed by atoms with Gasteiger partial charge in [0.2, 0.25) is 0 Å². The molecule has 5 N–H and O–H groups in total. The van der Waals surface area contributed by atoms with E-state index < -0.39 is 5.91 Å². The molecule has 1 aromatic carbocycles. The van der Waals surface area contributed by atoms with E-state index in [1.54, 1.807) is 30.5 Å². The van der Waals surface area contributed by atoms with Gasteiger partial charge in [-0.1, -0.05) is 6.07 Å². The number of nitrogen functional groups attached to an aromatic ring is 1. The molecule has 0 aliphatic rings. The van der Waals surface area contributed by atoms with Crippen LogP contribution in [0.2, 0.25) is 0 Å². The third-order valence-electron chi connectivity index (χ3n) is 4.01. The van der Waals surface area contributed by atoms with Gasteiger partial charge in [0.1, 0.15) is 27.3 Å². The van der Waals surface area contributed by atoms with Crippen LogP contribution in [-0.2, 0) is 0 Å². The molecular weight excluding hydrogens is 374 g/mol. The molecule has 0 spiro atoms. The van der Waals surface area contributed by atoms with Crippen LogP contribution in [0.15, 0.2) is 16.7 Å². The highest BCUT2D eigenvalue weighted by Crippen LogP contribution is 2.35. The average molecular weight is 390 g/mol. The van der Waals surface area contributed by atoms with E-state index in [1.807, 2.05) is 6.92 Å². The lowest BCUT2D eigenvalue weighted by atomic mass is 10.1. The minimum atomic E-state index is -0.678. The van der Waals surface area contributed by atoms with Crippen molar-refractivity contribution in [3.8, 4) is 11.4 Å². The number of amides is 1. The standard InChI is InChI=1S/C16H16BrN5O2/c1-6-4-5-9(23)7(2)12(6)22-14(18)10(15(19)24)11-16(22)21-13(17)8(3)20-11/h4-5,23H,18H2,1-3H3,(H2,19,24). The fourth-order valence-corrected chi connectivity index (χ4v) is 3.06. The molecule has 0 saturated heterocycles. The number of primary amides is 1. The first-order valence-electron chi connectivity index (χ1n) is 7.17. The molecule has 0 aliphatic heterocycles. The number of hydrogen-bond donors (Lipinski definition) is 3. The third-order valence-corrected chi connectivity index (χ3v) is 4.76. The van der Waals surface area contributed by atoms with Crippen molar-refractivity contribution >= 4 is 38.8 Å². The van der Waals surface area contributed by atoms with Crippen LogP contribution in [0.1, 0.15) is 27.2 Å². The van der Waals surface area contributed by atoms with Crippen LogP contribution in [0.25, 0.3) is 16.9 Å². The van der Waals surface area contributed by atoms with E-state index in [0.717, 1.165) is 5.56 Å². The summed E-state index contributed by atoms with van der Waals surface area (Å²) in [5, 5.41) is 10.1. The van der Waals surface area contributed by atoms with Crippen LogP contribution < -0.4 is 11.5 Å². The molecule has 1 amide bonds. The molecule has 0 saturated carbocycles. The molecule has 8 heteroatoms. The highest BCUT2D eigenvalue weighted by Gasteiger charge is 2.25. The SMILES string of the molecule is Cc1ccc(O)c(C)c1-n1c(N)c(C(N)=O)c2nc(C)c(Br)nc21. The normalized spacial score (nSPS) is 11.2. The Morgan fingerprint density at radius 3 is 2.54 bits per heavy atom. The number of hydrogen-bond acceptors (Lipinski definition) is 5. The van der Waals surface area contributed by atoms with E-state index in [0.29, 0.717) is 32.7 Å². The number of rotatable bonds is 2. The number of nitrogens with zero attached hydrogens (tertiary/aromatic N) is 3. The summed E-state index contributed by atoms with van der Waals surface area (Å²) in [4.78, 5) is 20.8.